The number of benzene rings is 3. The first-order valence-corrected chi connectivity index (χ1v) is 35.7. The minimum atomic E-state index is -4.25. The van der Waals surface area contributed by atoms with Crippen molar-refractivity contribution in [1.29, 1.82) is 0 Å². The number of hydrogen-bond acceptors (Lipinski definition) is 14. The Labute approximate surface area is 585 Å². The Hall–Kier alpha value is -9.80. The van der Waals surface area contributed by atoms with E-state index in [2.05, 4.69) is 70.1 Å². The SMILES string of the molecule is C=CCCC[C@H](NC(=O)[C@H](Cc1c[nH]c2ccccc12)NC(=O)[C@H](CCCN=C(N)N)NC(C)=O)C(=O)N[C@@H](Cc1ccccc1)C(=O)N1CCC[C@H]1C(=O)N[C@@H](C)C(=O)N[C@@H](CCCN=C(N)NS(=O)(=O)c1c(C)c(C)c2c(c1C)CC(C)(C)O2)C(=O)N1CCC[C@H]1C(=O)NCCC=C. The lowest BCUT2D eigenvalue weighted by Crippen LogP contribution is -2.60. The number of aromatic amines is 1. The van der Waals surface area contributed by atoms with E-state index >= 15 is 4.79 Å². The second-order valence-electron chi connectivity index (χ2n) is 26.5. The van der Waals surface area contributed by atoms with E-state index in [4.69, 9.17) is 21.9 Å². The molecule has 1 aromatic heterocycles. The maximum Gasteiger partial charge on any atom is 0.264 e. The summed E-state index contributed by atoms with van der Waals surface area (Å²) in [7, 11) is -4.25. The van der Waals surface area contributed by atoms with Crippen LogP contribution in [0.25, 0.3) is 10.9 Å². The number of rotatable bonds is 35. The van der Waals surface area contributed by atoms with Crippen molar-refractivity contribution >= 4 is 86.0 Å². The van der Waals surface area contributed by atoms with Crippen LogP contribution in [0.1, 0.15) is 138 Å². The second kappa shape index (κ2) is 35.8. The lowest BCUT2D eigenvalue weighted by molar-refractivity contribution is -0.143. The van der Waals surface area contributed by atoms with Crippen LogP contribution in [0.4, 0.5) is 0 Å². The molecule has 3 aliphatic rings. The number of ether oxygens (including phenoxy) is 1. The van der Waals surface area contributed by atoms with Gasteiger partial charge in [0.2, 0.25) is 59.1 Å². The highest BCUT2D eigenvalue weighted by molar-refractivity contribution is 7.90. The van der Waals surface area contributed by atoms with E-state index in [9.17, 15) is 46.8 Å². The van der Waals surface area contributed by atoms with Crippen molar-refractivity contribution in [3.05, 3.63) is 119 Å². The molecule has 542 valence electrons. The summed E-state index contributed by atoms with van der Waals surface area (Å²) in [5, 5.41) is 20.4. The zero-order valence-corrected chi connectivity index (χ0v) is 59.2. The second-order valence-corrected chi connectivity index (χ2v) is 28.1. The quantitative estimate of drug-likeness (QED) is 0.0136. The van der Waals surface area contributed by atoms with Crippen molar-refractivity contribution in [3.8, 4) is 5.75 Å². The Bertz CT molecular complexity index is 3830. The number of unbranched alkanes of at least 4 members (excludes halogenated alkanes) is 1. The van der Waals surface area contributed by atoms with Crippen LogP contribution in [0.5, 0.6) is 5.75 Å². The smallest absolute Gasteiger partial charge is 0.264 e. The van der Waals surface area contributed by atoms with Gasteiger partial charge in [-0.25, -0.2) is 13.1 Å². The third-order valence-corrected chi connectivity index (χ3v) is 19.9. The van der Waals surface area contributed by atoms with Crippen molar-refractivity contribution in [2.45, 2.75) is 204 Å². The average molecular weight is 1400 g/mol. The van der Waals surface area contributed by atoms with Gasteiger partial charge in [-0.1, -0.05) is 60.7 Å². The summed E-state index contributed by atoms with van der Waals surface area (Å²) in [4.78, 5) is 143. The molecule has 0 saturated carbocycles. The van der Waals surface area contributed by atoms with Crippen molar-refractivity contribution in [3.63, 3.8) is 0 Å². The first-order valence-electron chi connectivity index (χ1n) is 34.2. The lowest BCUT2D eigenvalue weighted by atomic mass is 9.94. The molecule has 9 amide bonds. The van der Waals surface area contributed by atoms with E-state index in [0.29, 0.717) is 91.5 Å². The maximum absolute atomic E-state index is 15.1. The molecule has 2 fully saturated rings. The Morgan fingerprint density at radius 2 is 1.23 bits per heavy atom. The van der Waals surface area contributed by atoms with E-state index in [1.807, 2.05) is 38.1 Å². The predicted octanol–water partition coefficient (Wildman–Crippen LogP) is 2.70. The van der Waals surface area contributed by atoms with E-state index in [1.54, 1.807) is 69.5 Å². The van der Waals surface area contributed by atoms with Crippen LogP contribution in [0, 0.1) is 20.8 Å². The Morgan fingerprint density at radius 3 is 1.88 bits per heavy atom. The van der Waals surface area contributed by atoms with Crippen LogP contribution < -0.4 is 63.9 Å². The third-order valence-electron chi connectivity index (χ3n) is 18.2. The van der Waals surface area contributed by atoms with E-state index < -0.39 is 117 Å². The molecule has 8 atom stereocenters. The normalized spacial score (nSPS) is 17.4. The number of carbonyl (C=O) groups is 9. The van der Waals surface area contributed by atoms with E-state index in [0.717, 1.165) is 16.5 Å². The van der Waals surface area contributed by atoms with E-state index in [1.165, 1.54) is 23.6 Å². The molecule has 0 aliphatic carbocycles. The lowest BCUT2D eigenvalue weighted by Gasteiger charge is -2.31. The van der Waals surface area contributed by atoms with E-state index in [-0.39, 0.29) is 87.9 Å². The Morgan fingerprint density at radius 1 is 0.670 bits per heavy atom. The number of nitrogens with one attached hydrogen (secondary N) is 9. The average Bonchev–Trinajstić information content (AvgIpc) is 1.35. The Kier molecular flexibility index (Phi) is 27.8. The standard InChI is InChI=1S/C71H100N16O12S/c1-10-12-15-28-53(81-64(92)55(39-48-41-78-51-27-19-18-26-49(48)51)83-62(90)52(80-46(7)88)29-20-34-76-69(72)73)63(91)84-56(38-47-24-16-14-17-25-47)68(96)87-37-23-32-58(87)66(94)79-45(6)61(89)82-54(67(95)86-36-22-31-57(86)65(93)75-33-13-11-2)30-21-35-77-70(74)85-100(97,98)60-43(4)42(3)59-50(44(60)5)40-71(8,9)99-59/h10-11,14,16-19,24-27,41,45,52-58,78H,1-2,12-13,15,20-23,28-40H2,3-9H3,(H,75,93)(H,79,94)(H,80,88)(H,81,92)(H,82,89)(H,83,90)(H,84,91)(H4,72,73,76)(H3,74,77,85)/t45-,52-,53-,54-,55-,56-,57-,58-/m0/s1. The zero-order chi connectivity index (χ0) is 73.0. The van der Waals surface area contributed by atoms with Gasteiger partial charge in [0.1, 0.15) is 59.7 Å². The number of fused-ring (bicyclic) bond motifs is 2. The number of aliphatic imine (C=N–C) groups is 2. The molecule has 0 spiro atoms. The molecule has 0 bridgehead atoms. The van der Waals surface area contributed by atoms with Gasteiger partial charge in [0.05, 0.1) is 4.90 Å². The summed E-state index contributed by atoms with van der Waals surface area (Å²) >= 11 is 0. The zero-order valence-electron chi connectivity index (χ0n) is 58.4. The Balaban J connectivity index is 1.07. The number of hydrogen-bond donors (Lipinski definition) is 12. The molecule has 7 rings (SSSR count). The van der Waals surface area contributed by atoms with Crippen molar-refractivity contribution in [2.24, 2.45) is 27.2 Å². The number of guanidine groups is 2. The number of aromatic nitrogens is 1. The number of allylic oxidation sites excluding steroid dienone is 1. The first kappa shape index (κ1) is 77.6. The van der Waals surface area contributed by atoms with Crippen LogP contribution >= 0.6 is 0 Å². The fourth-order valence-electron chi connectivity index (χ4n) is 13.1. The van der Waals surface area contributed by atoms with Crippen LogP contribution in [0.15, 0.2) is 101 Å². The first-order chi connectivity index (χ1) is 47.5. The van der Waals surface area contributed by atoms with Crippen LogP contribution in [-0.4, -0.2) is 175 Å². The summed E-state index contributed by atoms with van der Waals surface area (Å²) in [5.74, 6) is -5.50. The summed E-state index contributed by atoms with van der Waals surface area (Å²) in [6.07, 6.45) is 8.80. The van der Waals surface area contributed by atoms with Crippen molar-refractivity contribution in [2.75, 3.05) is 32.7 Å². The van der Waals surface area contributed by atoms with Crippen LogP contribution in [0.3, 0.4) is 0 Å². The minimum Gasteiger partial charge on any atom is -0.487 e. The van der Waals surface area contributed by atoms with Crippen LogP contribution in [-0.2, 0) is 72.4 Å². The van der Waals surface area contributed by atoms with Gasteiger partial charge in [0, 0.05) is 81.6 Å². The highest BCUT2D eigenvalue weighted by Gasteiger charge is 2.42. The molecular formula is C71H100N16O12S. The number of amides is 9. The number of likely N-dealkylation sites (tertiary alicyclic amines) is 2. The van der Waals surface area contributed by atoms with Gasteiger partial charge in [-0.3, -0.25) is 53.1 Å². The fraction of sp³-hybridized carbons (Fsp3) is 0.507. The molecule has 100 heavy (non-hydrogen) atoms. The topological polar surface area (TPSA) is 418 Å². The molecule has 3 aliphatic heterocycles. The van der Waals surface area contributed by atoms with Gasteiger partial charge < -0.3 is 73.9 Å². The van der Waals surface area contributed by atoms with Gasteiger partial charge in [0.25, 0.3) is 10.0 Å². The molecule has 4 heterocycles. The number of para-hydroxylation sites is 1. The third kappa shape index (κ3) is 20.9. The summed E-state index contributed by atoms with van der Waals surface area (Å²) in [5.41, 5.74) is 21.4. The van der Waals surface area contributed by atoms with Crippen LogP contribution in [0.2, 0.25) is 0 Å². The number of sulfonamides is 1. The molecule has 4 aromatic rings. The maximum atomic E-state index is 15.1. The van der Waals surface area contributed by atoms with Gasteiger partial charge in [-0.15, -0.1) is 13.2 Å². The van der Waals surface area contributed by atoms with Gasteiger partial charge in [-0.2, -0.15) is 0 Å². The van der Waals surface area contributed by atoms with Crippen molar-refractivity contribution in [1.82, 2.24) is 56.7 Å². The number of carbonyl (C=O) groups excluding carboxylic acids is 9. The molecule has 29 heteroatoms. The highest BCUT2D eigenvalue weighted by Crippen LogP contribution is 2.44. The highest BCUT2D eigenvalue weighted by atomic mass is 32.2. The van der Waals surface area contributed by atoms with Gasteiger partial charge >= 0.3 is 0 Å². The molecule has 0 radical (unpaired) electrons. The molecule has 2 saturated heterocycles. The number of nitrogens with two attached hydrogens (primary N) is 3. The van der Waals surface area contributed by atoms with Gasteiger partial charge in [0.15, 0.2) is 5.96 Å². The largest absolute Gasteiger partial charge is 0.487 e. The molecule has 15 N–H and O–H groups in total. The summed E-state index contributed by atoms with van der Waals surface area (Å²) in [6, 6.07) is 6.84. The molecule has 3 aromatic carbocycles. The molecule has 28 nitrogen and oxygen atoms in total. The number of H-pyrrole nitrogens is 1. The summed E-state index contributed by atoms with van der Waals surface area (Å²) in [6.45, 7) is 20.0. The predicted molar refractivity (Wildman–Crippen MR) is 381 cm³/mol. The summed E-state index contributed by atoms with van der Waals surface area (Å²) < 4.78 is 36.5. The fourth-order valence-corrected chi connectivity index (χ4v) is 14.6. The number of nitrogens with zero attached hydrogens (tertiary/aromatic N) is 4. The van der Waals surface area contributed by atoms with Crippen molar-refractivity contribution < 1.29 is 56.3 Å². The molecular weight excluding hydrogens is 1300 g/mol. The monoisotopic (exact) mass is 1400 g/mol. The van der Waals surface area contributed by atoms with Gasteiger partial charge in [-0.05, 0) is 152 Å². The molecule has 0 unspecified atom stereocenters. The minimum absolute atomic E-state index is 0.0319.